The molecule has 0 spiro atoms. The van der Waals surface area contributed by atoms with Crippen LogP contribution in [0.5, 0.6) is 0 Å². The predicted molar refractivity (Wildman–Crippen MR) is 92.2 cm³/mol. The quantitative estimate of drug-likeness (QED) is 0.420. The first-order valence-electron chi connectivity index (χ1n) is 7.94. The van der Waals surface area contributed by atoms with Gasteiger partial charge in [0.05, 0.1) is 19.3 Å². The highest BCUT2D eigenvalue weighted by atomic mass is 16.5. The highest BCUT2D eigenvalue weighted by Crippen LogP contribution is 2.04. The van der Waals surface area contributed by atoms with Gasteiger partial charge in [-0.2, -0.15) is 5.10 Å². The van der Waals surface area contributed by atoms with Crippen LogP contribution in [0.3, 0.4) is 0 Å². The lowest BCUT2D eigenvalue weighted by Gasteiger charge is -2.05. The Labute approximate surface area is 137 Å². The molecule has 1 aromatic heterocycles. The summed E-state index contributed by atoms with van der Waals surface area (Å²) in [5.74, 6) is 0.456. The number of hydrogen-bond acceptors (Lipinski definition) is 3. The van der Waals surface area contributed by atoms with Gasteiger partial charge in [-0.25, -0.2) is 4.99 Å². The zero-order valence-electron chi connectivity index (χ0n) is 13.6. The van der Waals surface area contributed by atoms with E-state index in [9.17, 15) is 0 Å². The number of nitrogens with two attached hydrogens (primary N) is 1. The fraction of sp³-hybridized carbons (Fsp3) is 0.412. The van der Waals surface area contributed by atoms with Crippen LogP contribution in [0.2, 0.25) is 0 Å². The highest BCUT2D eigenvalue weighted by Gasteiger charge is 2.00. The van der Waals surface area contributed by atoms with Crippen molar-refractivity contribution >= 4 is 5.96 Å². The third kappa shape index (κ3) is 6.52. The van der Waals surface area contributed by atoms with Gasteiger partial charge in [-0.3, -0.25) is 4.68 Å². The Bertz CT molecular complexity index is 594. The van der Waals surface area contributed by atoms with E-state index in [0.29, 0.717) is 12.5 Å². The second-order valence-electron chi connectivity index (χ2n) is 5.21. The van der Waals surface area contributed by atoms with E-state index in [1.54, 1.807) is 0 Å². The predicted octanol–water partition coefficient (Wildman–Crippen LogP) is 1.76. The molecule has 0 aliphatic carbocycles. The van der Waals surface area contributed by atoms with Crippen LogP contribution in [0.4, 0.5) is 0 Å². The van der Waals surface area contributed by atoms with Crippen LogP contribution < -0.4 is 11.1 Å². The molecule has 0 fully saturated rings. The van der Waals surface area contributed by atoms with Crippen LogP contribution in [-0.2, 0) is 17.8 Å². The molecule has 2 aromatic rings. The van der Waals surface area contributed by atoms with Crippen molar-refractivity contribution in [2.24, 2.45) is 10.7 Å². The summed E-state index contributed by atoms with van der Waals surface area (Å²) >= 11 is 0. The van der Waals surface area contributed by atoms with Crippen molar-refractivity contribution in [3.05, 3.63) is 53.9 Å². The lowest BCUT2D eigenvalue weighted by Crippen LogP contribution is -2.32. The average molecular weight is 315 g/mol. The van der Waals surface area contributed by atoms with E-state index in [1.807, 2.05) is 42.2 Å². The van der Waals surface area contributed by atoms with Gasteiger partial charge in [-0.05, 0) is 18.9 Å². The SMILES string of the molecule is CCOCCCNC(N)=NCc1cnn(Cc2ccccc2)c1. The van der Waals surface area contributed by atoms with Gasteiger partial charge in [0, 0.05) is 31.5 Å². The van der Waals surface area contributed by atoms with Crippen molar-refractivity contribution in [2.45, 2.75) is 26.4 Å². The number of nitrogens with zero attached hydrogens (tertiary/aromatic N) is 3. The molecule has 0 radical (unpaired) electrons. The smallest absolute Gasteiger partial charge is 0.188 e. The van der Waals surface area contributed by atoms with Crippen LogP contribution in [0.1, 0.15) is 24.5 Å². The van der Waals surface area contributed by atoms with E-state index < -0.39 is 0 Å². The molecule has 0 saturated heterocycles. The summed E-state index contributed by atoms with van der Waals surface area (Å²) in [6, 6.07) is 10.2. The summed E-state index contributed by atoms with van der Waals surface area (Å²) in [5.41, 5.74) is 8.10. The number of rotatable bonds is 9. The maximum Gasteiger partial charge on any atom is 0.188 e. The maximum atomic E-state index is 5.84. The van der Waals surface area contributed by atoms with Crippen LogP contribution in [0.15, 0.2) is 47.7 Å². The Hall–Kier alpha value is -2.34. The Morgan fingerprint density at radius 2 is 2.13 bits per heavy atom. The summed E-state index contributed by atoms with van der Waals surface area (Å²) in [4.78, 5) is 4.32. The van der Waals surface area contributed by atoms with Gasteiger partial charge in [0.15, 0.2) is 5.96 Å². The standard InChI is InChI=1S/C17H25N5O/c1-2-23-10-6-9-19-17(18)20-11-16-12-21-22(14-16)13-15-7-4-3-5-8-15/h3-5,7-8,12,14H,2,6,9-11,13H2,1H3,(H3,18,19,20). The minimum Gasteiger partial charge on any atom is -0.382 e. The van der Waals surface area contributed by atoms with Crippen LogP contribution in [0.25, 0.3) is 0 Å². The summed E-state index contributed by atoms with van der Waals surface area (Å²) in [5, 5.41) is 7.43. The molecular formula is C17H25N5O. The molecule has 0 bridgehead atoms. The van der Waals surface area contributed by atoms with Crippen LogP contribution in [0, 0.1) is 0 Å². The van der Waals surface area contributed by atoms with Crippen molar-refractivity contribution in [1.82, 2.24) is 15.1 Å². The third-order valence-corrected chi connectivity index (χ3v) is 3.28. The van der Waals surface area contributed by atoms with Gasteiger partial charge < -0.3 is 15.8 Å². The normalized spacial score (nSPS) is 11.6. The molecule has 2 rings (SSSR count). The molecule has 6 heteroatoms. The lowest BCUT2D eigenvalue weighted by molar-refractivity contribution is 0.145. The number of nitrogens with one attached hydrogen (secondary N) is 1. The minimum absolute atomic E-state index is 0.456. The summed E-state index contributed by atoms with van der Waals surface area (Å²) in [6.07, 6.45) is 4.74. The monoisotopic (exact) mass is 315 g/mol. The zero-order chi connectivity index (χ0) is 16.3. The molecule has 0 saturated carbocycles. The van der Waals surface area contributed by atoms with Crippen LogP contribution in [-0.4, -0.2) is 35.5 Å². The molecule has 3 N–H and O–H groups in total. The van der Waals surface area contributed by atoms with Crippen LogP contribution >= 0.6 is 0 Å². The number of aromatic nitrogens is 2. The summed E-state index contributed by atoms with van der Waals surface area (Å²) < 4.78 is 7.17. The minimum atomic E-state index is 0.456. The Kier molecular flexibility index (Phi) is 7.13. The Balaban J connectivity index is 1.74. The highest BCUT2D eigenvalue weighted by molar-refractivity contribution is 5.77. The Morgan fingerprint density at radius 1 is 1.30 bits per heavy atom. The summed E-state index contributed by atoms with van der Waals surface area (Å²) in [6.45, 7) is 5.53. The first-order chi connectivity index (χ1) is 11.3. The van der Waals surface area contributed by atoms with Crippen molar-refractivity contribution in [3.8, 4) is 0 Å². The molecule has 23 heavy (non-hydrogen) atoms. The van der Waals surface area contributed by atoms with Crippen molar-refractivity contribution in [3.63, 3.8) is 0 Å². The van der Waals surface area contributed by atoms with Crippen molar-refractivity contribution < 1.29 is 4.74 Å². The van der Waals surface area contributed by atoms with Crippen molar-refractivity contribution in [2.75, 3.05) is 19.8 Å². The molecule has 0 atom stereocenters. The molecular weight excluding hydrogens is 290 g/mol. The van der Waals surface area contributed by atoms with E-state index in [1.165, 1.54) is 5.56 Å². The van der Waals surface area contributed by atoms with Gasteiger partial charge in [0.1, 0.15) is 0 Å². The molecule has 0 aliphatic rings. The molecule has 6 nitrogen and oxygen atoms in total. The molecule has 1 aromatic carbocycles. The first kappa shape index (κ1) is 17.0. The number of aliphatic imine (C=N–C) groups is 1. The lowest BCUT2D eigenvalue weighted by atomic mass is 10.2. The van der Waals surface area contributed by atoms with Gasteiger partial charge in [0.2, 0.25) is 0 Å². The first-order valence-corrected chi connectivity index (χ1v) is 7.94. The molecule has 1 heterocycles. The van der Waals surface area contributed by atoms with Gasteiger partial charge >= 0.3 is 0 Å². The average Bonchev–Trinajstić information content (AvgIpc) is 3.01. The molecule has 124 valence electrons. The number of hydrogen-bond donors (Lipinski definition) is 2. The Morgan fingerprint density at radius 3 is 2.91 bits per heavy atom. The second kappa shape index (κ2) is 9.63. The zero-order valence-corrected chi connectivity index (χ0v) is 13.6. The largest absolute Gasteiger partial charge is 0.382 e. The maximum absolute atomic E-state index is 5.84. The number of benzene rings is 1. The number of ether oxygens (including phenoxy) is 1. The van der Waals surface area contributed by atoms with Gasteiger partial charge in [-0.15, -0.1) is 0 Å². The van der Waals surface area contributed by atoms with E-state index in [2.05, 4.69) is 27.5 Å². The van der Waals surface area contributed by atoms with E-state index in [-0.39, 0.29) is 0 Å². The van der Waals surface area contributed by atoms with Gasteiger partial charge in [0.25, 0.3) is 0 Å². The molecule has 0 amide bonds. The van der Waals surface area contributed by atoms with Crippen molar-refractivity contribution in [1.29, 1.82) is 0 Å². The molecule has 0 unspecified atom stereocenters. The third-order valence-electron chi connectivity index (χ3n) is 3.28. The fourth-order valence-corrected chi connectivity index (χ4v) is 2.11. The van der Waals surface area contributed by atoms with Gasteiger partial charge in [-0.1, -0.05) is 30.3 Å². The number of guanidine groups is 1. The summed E-state index contributed by atoms with van der Waals surface area (Å²) in [7, 11) is 0. The molecule has 0 aliphatic heterocycles. The van der Waals surface area contributed by atoms with E-state index in [4.69, 9.17) is 10.5 Å². The van der Waals surface area contributed by atoms with E-state index in [0.717, 1.165) is 38.3 Å². The topological polar surface area (TPSA) is 77.5 Å². The second-order valence-corrected chi connectivity index (χ2v) is 5.21. The fourth-order valence-electron chi connectivity index (χ4n) is 2.11. The van der Waals surface area contributed by atoms with E-state index >= 15 is 0 Å².